The third-order valence-electron chi connectivity index (χ3n) is 3.70. The van der Waals surface area contributed by atoms with Gasteiger partial charge in [0.2, 0.25) is 0 Å². The number of nitrogens with zero attached hydrogens (tertiary/aromatic N) is 3. The SMILES string of the molecule is CN1CCC(CN(C)CC(=O)c2cccn2C)C1. The molecule has 4 nitrogen and oxygen atoms in total. The summed E-state index contributed by atoms with van der Waals surface area (Å²) >= 11 is 0. The summed E-state index contributed by atoms with van der Waals surface area (Å²) in [6.07, 6.45) is 3.17. The number of aryl methyl sites for hydroxylation is 1. The molecule has 1 aromatic heterocycles. The Balaban J connectivity index is 1.82. The molecule has 0 spiro atoms. The molecule has 2 rings (SSSR count). The van der Waals surface area contributed by atoms with Crippen LogP contribution < -0.4 is 0 Å². The van der Waals surface area contributed by atoms with Gasteiger partial charge < -0.3 is 9.47 Å². The average Bonchev–Trinajstić information content (AvgIpc) is 2.87. The van der Waals surface area contributed by atoms with Crippen LogP contribution in [-0.2, 0) is 7.05 Å². The van der Waals surface area contributed by atoms with Crippen LogP contribution in [0.25, 0.3) is 0 Å². The Morgan fingerprint density at radius 1 is 1.50 bits per heavy atom. The largest absolute Gasteiger partial charge is 0.348 e. The minimum absolute atomic E-state index is 0.205. The molecule has 1 saturated heterocycles. The van der Waals surface area contributed by atoms with Crippen molar-refractivity contribution >= 4 is 5.78 Å². The van der Waals surface area contributed by atoms with E-state index in [1.54, 1.807) is 0 Å². The maximum atomic E-state index is 12.1. The number of carbonyl (C=O) groups excluding carboxylic acids is 1. The molecular formula is C14H23N3O. The Hall–Kier alpha value is -1.13. The Kier molecular flexibility index (Phi) is 4.19. The Bertz CT molecular complexity index is 413. The summed E-state index contributed by atoms with van der Waals surface area (Å²) in [6, 6.07) is 3.80. The molecule has 1 fully saturated rings. The van der Waals surface area contributed by atoms with Gasteiger partial charge in [0.15, 0.2) is 5.78 Å². The summed E-state index contributed by atoms with van der Waals surface area (Å²) in [5.74, 6) is 0.914. The second-order valence-corrected chi connectivity index (χ2v) is 5.54. The zero-order valence-corrected chi connectivity index (χ0v) is 11.6. The average molecular weight is 249 g/mol. The van der Waals surface area contributed by atoms with Crippen LogP contribution in [0.4, 0.5) is 0 Å². The highest BCUT2D eigenvalue weighted by molar-refractivity contribution is 5.96. The molecule has 1 atom stereocenters. The first kappa shape index (κ1) is 13.3. The molecule has 0 bridgehead atoms. The predicted octanol–water partition coefficient (Wildman–Crippen LogP) is 1.09. The van der Waals surface area contributed by atoms with Crippen LogP contribution in [0, 0.1) is 5.92 Å². The number of carbonyl (C=O) groups is 1. The van der Waals surface area contributed by atoms with E-state index in [1.807, 2.05) is 37.0 Å². The maximum absolute atomic E-state index is 12.1. The van der Waals surface area contributed by atoms with E-state index in [1.165, 1.54) is 13.0 Å². The van der Waals surface area contributed by atoms with Crippen LogP contribution in [0.2, 0.25) is 0 Å². The lowest BCUT2D eigenvalue weighted by molar-refractivity contribution is 0.0930. The molecule has 0 amide bonds. The molecule has 0 N–H and O–H groups in total. The summed E-state index contributed by atoms with van der Waals surface area (Å²) in [5.41, 5.74) is 0.797. The highest BCUT2D eigenvalue weighted by atomic mass is 16.1. The van der Waals surface area contributed by atoms with Crippen molar-refractivity contribution in [3.8, 4) is 0 Å². The minimum atomic E-state index is 0.205. The van der Waals surface area contributed by atoms with Crippen molar-refractivity contribution in [2.45, 2.75) is 6.42 Å². The van der Waals surface area contributed by atoms with E-state index >= 15 is 0 Å². The van der Waals surface area contributed by atoms with Crippen LogP contribution in [0.15, 0.2) is 18.3 Å². The molecule has 0 aliphatic carbocycles. The lowest BCUT2D eigenvalue weighted by Gasteiger charge is -2.20. The number of aromatic nitrogens is 1. The number of hydrogen-bond acceptors (Lipinski definition) is 3. The van der Waals surface area contributed by atoms with Gasteiger partial charge in [-0.15, -0.1) is 0 Å². The third kappa shape index (κ3) is 3.21. The molecule has 100 valence electrons. The monoisotopic (exact) mass is 249 g/mol. The zero-order chi connectivity index (χ0) is 13.1. The highest BCUT2D eigenvalue weighted by Gasteiger charge is 2.21. The molecule has 1 aliphatic heterocycles. The summed E-state index contributed by atoms with van der Waals surface area (Å²) in [5, 5.41) is 0. The van der Waals surface area contributed by atoms with E-state index in [9.17, 15) is 4.79 Å². The molecular weight excluding hydrogens is 226 g/mol. The predicted molar refractivity (Wildman–Crippen MR) is 72.8 cm³/mol. The highest BCUT2D eigenvalue weighted by Crippen LogP contribution is 2.15. The van der Waals surface area contributed by atoms with Gasteiger partial charge in [-0.2, -0.15) is 0 Å². The summed E-state index contributed by atoms with van der Waals surface area (Å²) < 4.78 is 1.89. The van der Waals surface area contributed by atoms with Gasteiger partial charge in [-0.25, -0.2) is 0 Å². The summed E-state index contributed by atoms with van der Waals surface area (Å²) in [7, 11) is 6.12. The molecule has 0 saturated carbocycles. The van der Waals surface area contributed by atoms with E-state index in [0.717, 1.165) is 18.8 Å². The van der Waals surface area contributed by atoms with Crippen molar-refractivity contribution in [3.05, 3.63) is 24.0 Å². The standard InChI is InChI=1S/C14H23N3O/c1-15-8-6-12(9-15)10-16(2)11-14(18)13-5-4-7-17(13)3/h4-5,7,12H,6,8-11H2,1-3H3. The first-order valence-electron chi connectivity index (χ1n) is 6.58. The zero-order valence-electron chi connectivity index (χ0n) is 11.6. The van der Waals surface area contributed by atoms with E-state index in [0.29, 0.717) is 12.5 Å². The quantitative estimate of drug-likeness (QED) is 0.731. The number of rotatable bonds is 5. The molecule has 4 heteroatoms. The van der Waals surface area contributed by atoms with Gasteiger partial charge in [0, 0.05) is 26.3 Å². The second kappa shape index (κ2) is 5.67. The van der Waals surface area contributed by atoms with Gasteiger partial charge in [0.1, 0.15) is 0 Å². The fraction of sp³-hybridized carbons (Fsp3) is 0.643. The lowest BCUT2D eigenvalue weighted by atomic mass is 10.1. The van der Waals surface area contributed by atoms with Gasteiger partial charge in [0.05, 0.1) is 12.2 Å². The van der Waals surface area contributed by atoms with Crippen LogP contribution in [0.1, 0.15) is 16.9 Å². The molecule has 0 radical (unpaired) electrons. The Morgan fingerprint density at radius 3 is 2.83 bits per heavy atom. The third-order valence-corrected chi connectivity index (χ3v) is 3.70. The summed E-state index contributed by atoms with van der Waals surface area (Å²) in [4.78, 5) is 16.6. The van der Waals surface area contributed by atoms with E-state index in [2.05, 4.69) is 16.8 Å². The van der Waals surface area contributed by atoms with E-state index < -0.39 is 0 Å². The van der Waals surface area contributed by atoms with Crippen LogP contribution >= 0.6 is 0 Å². The second-order valence-electron chi connectivity index (χ2n) is 5.54. The topological polar surface area (TPSA) is 28.5 Å². The van der Waals surface area contributed by atoms with Gasteiger partial charge in [-0.05, 0) is 45.1 Å². The first-order valence-corrected chi connectivity index (χ1v) is 6.58. The maximum Gasteiger partial charge on any atom is 0.193 e. The van der Waals surface area contributed by atoms with Gasteiger partial charge in [-0.1, -0.05) is 0 Å². The molecule has 2 heterocycles. The number of likely N-dealkylation sites (tertiary alicyclic amines) is 1. The normalized spacial score (nSPS) is 20.8. The van der Waals surface area contributed by atoms with Crippen molar-refractivity contribution in [2.75, 3.05) is 40.3 Å². The van der Waals surface area contributed by atoms with Crippen molar-refractivity contribution in [3.63, 3.8) is 0 Å². The number of likely N-dealkylation sites (N-methyl/N-ethyl adjacent to an activating group) is 1. The first-order chi connectivity index (χ1) is 8.56. The van der Waals surface area contributed by atoms with E-state index in [4.69, 9.17) is 0 Å². The van der Waals surface area contributed by atoms with Crippen LogP contribution in [0.3, 0.4) is 0 Å². The summed E-state index contributed by atoms with van der Waals surface area (Å²) in [6.45, 7) is 3.87. The molecule has 1 aliphatic rings. The van der Waals surface area contributed by atoms with Crippen molar-refractivity contribution in [1.29, 1.82) is 0 Å². The van der Waals surface area contributed by atoms with Crippen LogP contribution in [-0.4, -0.2) is 60.4 Å². The van der Waals surface area contributed by atoms with Crippen molar-refractivity contribution < 1.29 is 4.79 Å². The van der Waals surface area contributed by atoms with Crippen molar-refractivity contribution in [2.24, 2.45) is 13.0 Å². The van der Waals surface area contributed by atoms with Crippen LogP contribution in [0.5, 0.6) is 0 Å². The Morgan fingerprint density at radius 2 is 2.28 bits per heavy atom. The number of hydrogen-bond donors (Lipinski definition) is 0. The molecule has 18 heavy (non-hydrogen) atoms. The minimum Gasteiger partial charge on any atom is -0.348 e. The number of ketones is 1. The lowest BCUT2D eigenvalue weighted by Crippen LogP contribution is -2.32. The fourth-order valence-corrected chi connectivity index (χ4v) is 2.76. The smallest absolute Gasteiger partial charge is 0.193 e. The van der Waals surface area contributed by atoms with E-state index in [-0.39, 0.29) is 5.78 Å². The van der Waals surface area contributed by atoms with Gasteiger partial charge in [-0.3, -0.25) is 9.69 Å². The molecule has 0 aromatic carbocycles. The number of Topliss-reactive ketones (excluding diaryl/α,β-unsaturated/α-hetero) is 1. The molecule has 1 unspecified atom stereocenters. The van der Waals surface area contributed by atoms with Gasteiger partial charge in [0.25, 0.3) is 0 Å². The fourth-order valence-electron chi connectivity index (χ4n) is 2.76. The molecule has 1 aromatic rings. The van der Waals surface area contributed by atoms with Crippen molar-refractivity contribution in [1.82, 2.24) is 14.4 Å². The Labute approximate surface area is 109 Å². The van der Waals surface area contributed by atoms with Gasteiger partial charge >= 0.3 is 0 Å².